The first-order chi connectivity index (χ1) is 12.8. The fourth-order valence-electron chi connectivity index (χ4n) is 2.50. The molecule has 0 N–H and O–H groups in total. The average Bonchev–Trinajstić information content (AvgIpc) is 3.03. The van der Waals surface area contributed by atoms with Gasteiger partial charge in [-0.2, -0.15) is 4.31 Å². The van der Waals surface area contributed by atoms with E-state index in [4.69, 9.17) is 27.7 Å². The molecule has 2 aromatic carbocycles. The quantitative estimate of drug-likeness (QED) is 0.564. The fraction of sp³-hybridized carbons (Fsp3) is 0.167. The van der Waals surface area contributed by atoms with E-state index in [0.29, 0.717) is 17.0 Å². The lowest BCUT2D eigenvalue weighted by molar-refractivity contribution is 0.317. The molecule has 1 heterocycles. The summed E-state index contributed by atoms with van der Waals surface area (Å²) in [5, 5.41) is 4.08. The summed E-state index contributed by atoms with van der Waals surface area (Å²) in [6.07, 6.45) is 0. The van der Waals surface area contributed by atoms with Gasteiger partial charge in [0.1, 0.15) is 10.7 Å². The molecule has 0 fully saturated rings. The fourth-order valence-corrected chi connectivity index (χ4v) is 4.63. The Bertz CT molecular complexity index is 1050. The minimum Gasteiger partial charge on any atom is -0.360 e. The Balaban J connectivity index is 2.01. The predicted molar refractivity (Wildman–Crippen MR) is 101 cm³/mol. The van der Waals surface area contributed by atoms with Crippen molar-refractivity contribution >= 4 is 33.2 Å². The summed E-state index contributed by atoms with van der Waals surface area (Å²) in [6.45, 7) is 1.66. The van der Waals surface area contributed by atoms with Gasteiger partial charge in [-0.15, -0.1) is 0 Å². The van der Waals surface area contributed by atoms with Crippen molar-refractivity contribution in [2.75, 3.05) is 0 Å². The van der Waals surface area contributed by atoms with Crippen LogP contribution in [0.1, 0.15) is 17.0 Å². The minimum absolute atomic E-state index is 0.00873. The monoisotopic (exact) mass is 428 g/mol. The maximum atomic E-state index is 13.2. The number of aryl methyl sites for hydroxylation is 1. The Hall–Kier alpha value is -1.93. The topological polar surface area (TPSA) is 63.4 Å². The zero-order chi connectivity index (χ0) is 19.6. The van der Waals surface area contributed by atoms with Gasteiger partial charge in [-0.1, -0.05) is 40.5 Å². The van der Waals surface area contributed by atoms with Crippen LogP contribution in [0.3, 0.4) is 0 Å². The molecule has 9 heteroatoms. The molecular weight excluding hydrogens is 414 g/mol. The lowest BCUT2D eigenvalue weighted by Gasteiger charge is -2.22. The second-order valence-corrected chi connectivity index (χ2v) is 8.66. The molecular formula is C18H15Cl2FN2O3S. The molecule has 0 saturated carbocycles. The van der Waals surface area contributed by atoms with Crippen molar-refractivity contribution in [2.45, 2.75) is 24.9 Å². The molecule has 1 aromatic heterocycles. The number of hydrogen-bond acceptors (Lipinski definition) is 4. The third-order valence-corrected chi connectivity index (χ3v) is 6.30. The van der Waals surface area contributed by atoms with E-state index in [0.717, 1.165) is 0 Å². The van der Waals surface area contributed by atoms with Crippen LogP contribution in [0.25, 0.3) is 0 Å². The van der Waals surface area contributed by atoms with Gasteiger partial charge in [-0.3, -0.25) is 0 Å². The molecule has 0 spiro atoms. The van der Waals surface area contributed by atoms with Crippen molar-refractivity contribution in [1.82, 2.24) is 9.46 Å². The summed E-state index contributed by atoms with van der Waals surface area (Å²) in [5.74, 6) is -0.0340. The highest BCUT2D eigenvalue weighted by Crippen LogP contribution is 2.29. The Labute approximate surface area is 166 Å². The standard InChI is InChI=1S/C18H15Cl2FN2O3S/c1-12-8-16(26-22-12)11-23(10-13-2-5-15(21)6-3-13)27(24,25)18-9-14(19)4-7-17(18)20/h2-9H,10-11H2,1H3. The largest absolute Gasteiger partial charge is 0.360 e. The van der Waals surface area contributed by atoms with E-state index in [2.05, 4.69) is 5.16 Å². The molecule has 0 saturated heterocycles. The first kappa shape index (κ1) is 19.8. The van der Waals surface area contributed by atoms with Gasteiger partial charge in [0.05, 0.1) is 17.3 Å². The zero-order valence-corrected chi connectivity index (χ0v) is 16.5. The van der Waals surface area contributed by atoms with Crippen molar-refractivity contribution in [3.05, 3.63) is 81.4 Å². The second kappa shape index (κ2) is 7.98. The molecule has 142 valence electrons. The molecule has 0 aliphatic rings. The van der Waals surface area contributed by atoms with Crippen molar-refractivity contribution in [3.8, 4) is 0 Å². The smallest absolute Gasteiger partial charge is 0.245 e. The van der Waals surface area contributed by atoms with Crippen LogP contribution in [0.2, 0.25) is 10.0 Å². The maximum absolute atomic E-state index is 13.2. The third-order valence-electron chi connectivity index (χ3n) is 3.79. The molecule has 0 aliphatic carbocycles. The molecule has 0 aliphatic heterocycles. The highest BCUT2D eigenvalue weighted by molar-refractivity contribution is 7.89. The summed E-state index contributed by atoms with van der Waals surface area (Å²) >= 11 is 12.1. The van der Waals surface area contributed by atoms with Crippen molar-refractivity contribution < 1.29 is 17.3 Å². The number of hydrogen-bond donors (Lipinski definition) is 0. The number of halogens is 3. The Kier molecular flexibility index (Phi) is 5.86. The van der Waals surface area contributed by atoms with Crippen LogP contribution in [-0.4, -0.2) is 17.9 Å². The summed E-state index contributed by atoms with van der Waals surface area (Å²) in [7, 11) is -4.02. The van der Waals surface area contributed by atoms with E-state index in [1.54, 1.807) is 13.0 Å². The van der Waals surface area contributed by atoms with E-state index in [9.17, 15) is 12.8 Å². The summed E-state index contributed by atoms with van der Waals surface area (Å²) in [4.78, 5) is -0.116. The maximum Gasteiger partial charge on any atom is 0.245 e. The van der Waals surface area contributed by atoms with Gasteiger partial charge < -0.3 is 4.52 Å². The first-order valence-electron chi connectivity index (χ1n) is 7.87. The van der Waals surface area contributed by atoms with Crippen LogP contribution in [-0.2, 0) is 23.1 Å². The summed E-state index contributed by atoms with van der Waals surface area (Å²) in [6, 6.07) is 11.4. The molecule has 0 atom stereocenters. The van der Waals surface area contributed by atoms with E-state index < -0.39 is 15.8 Å². The minimum atomic E-state index is -4.02. The van der Waals surface area contributed by atoms with E-state index in [1.807, 2.05) is 0 Å². The van der Waals surface area contributed by atoms with E-state index in [-0.39, 0.29) is 28.0 Å². The summed E-state index contributed by atoms with van der Waals surface area (Å²) < 4.78 is 46.0. The van der Waals surface area contributed by atoms with Crippen LogP contribution in [0.5, 0.6) is 0 Å². The Morgan fingerprint density at radius 2 is 1.78 bits per heavy atom. The molecule has 0 amide bonds. The molecule has 3 rings (SSSR count). The first-order valence-corrected chi connectivity index (χ1v) is 10.1. The van der Waals surface area contributed by atoms with Crippen LogP contribution in [0.4, 0.5) is 4.39 Å². The number of sulfonamides is 1. The van der Waals surface area contributed by atoms with Crippen LogP contribution < -0.4 is 0 Å². The predicted octanol–water partition coefficient (Wildman–Crippen LogP) is 4.82. The third kappa shape index (κ3) is 4.68. The molecule has 3 aromatic rings. The second-order valence-electron chi connectivity index (χ2n) is 5.91. The van der Waals surface area contributed by atoms with Gasteiger partial charge in [-0.05, 0) is 42.8 Å². The average molecular weight is 429 g/mol. The van der Waals surface area contributed by atoms with Crippen molar-refractivity contribution in [3.63, 3.8) is 0 Å². The highest BCUT2D eigenvalue weighted by atomic mass is 35.5. The van der Waals surface area contributed by atoms with Gasteiger partial charge >= 0.3 is 0 Å². The van der Waals surface area contributed by atoms with E-state index in [1.165, 1.54) is 46.8 Å². The highest BCUT2D eigenvalue weighted by Gasteiger charge is 2.28. The zero-order valence-electron chi connectivity index (χ0n) is 14.2. The Morgan fingerprint density at radius 3 is 2.41 bits per heavy atom. The number of rotatable bonds is 6. The molecule has 0 radical (unpaired) electrons. The molecule has 27 heavy (non-hydrogen) atoms. The number of nitrogens with zero attached hydrogens (tertiary/aromatic N) is 2. The molecule has 0 bridgehead atoms. The normalized spacial score (nSPS) is 11.9. The lowest BCUT2D eigenvalue weighted by atomic mass is 10.2. The van der Waals surface area contributed by atoms with Crippen LogP contribution >= 0.6 is 23.2 Å². The van der Waals surface area contributed by atoms with Crippen molar-refractivity contribution in [1.29, 1.82) is 0 Å². The van der Waals surface area contributed by atoms with Crippen LogP contribution in [0, 0.1) is 12.7 Å². The van der Waals surface area contributed by atoms with Gasteiger partial charge in [0.25, 0.3) is 0 Å². The van der Waals surface area contributed by atoms with E-state index >= 15 is 0 Å². The number of aromatic nitrogens is 1. The molecule has 5 nitrogen and oxygen atoms in total. The van der Waals surface area contributed by atoms with Crippen molar-refractivity contribution in [2.24, 2.45) is 0 Å². The lowest BCUT2D eigenvalue weighted by Crippen LogP contribution is -2.30. The Morgan fingerprint density at radius 1 is 1.07 bits per heavy atom. The summed E-state index contributed by atoms with van der Waals surface area (Å²) in [5.41, 5.74) is 1.24. The number of benzene rings is 2. The van der Waals surface area contributed by atoms with Gasteiger partial charge in [0.2, 0.25) is 10.0 Å². The van der Waals surface area contributed by atoms with Gasteiger partial charge in [-0.25, -0.2) is 12.8 Å². The molecule has 0 unspecified atom stereocenters. The van der Waals surface area contributed by atoms with Gasteiger partial charge in [0.15, 0.2) is 5.76 Å². The SMILES string of the molecule is Cc1cc(CN(Cc2ccc(F)cc2)S(=O)(=O)c2cc(Cl)ccc2Cl)on1. The van der Waals surface area contributed by atoms with Crippen LogP contribution in [0.15, 0.2) is 57.9 Å². The van der Waals surface area contributed by atoms with Gasteiger partial charge in [0, 0.05) is 17.6 Å².